The molecule has 1 aliphatic heterocycles. The molecule has 1 unspecified atom stereocenters. The van der Waals surface area contributed by atoms with Gasteiger partial charge in [-0.3, -0.25) is 9.59 Å². The predicted octanol–water partition coefficient (Wildman–Crippen LogP) is 4.14. The van der Waals surface area contributed by atoms with E-state index in [1.165, 1.54) is 0 Å². The van der Waals surface area contributed by atoms with E-state index in [9.17, 15) is 9.59 Å². The molecule has 1 heterocycles. The van der Waals surface area contributed by atoms with Crippen molar-refractivity contribution in [3.05, 3.63) is 72.3 Å². The van der Waals surface area contributed by atoms with Crippen molar-refractivity contribution in [2.75, 3.05) is 16.8 Å². The molecule has 2 amide bonds. The van der Waals surface area contributed by atoms with Crippen LogP contribution in [0, 0.1) is 12.8 Å². The molecule has 26 heavy (non-hydrogen) atoms. The van der Waals surface area contributed by atoms with E-state index in [0.717, 1.165) is 27.7 Å². The Balaban J connectivity index is 1.49. The smallest absolute Gasteiger partial charge is 0.229 e. The third-order valence-electron chi connectivity index (χ3n) is 4.83. The van der Waals surface area contributed by atoms with E-state index in [4.69, 9.17) is 0 Å². The molecule has 0 aliphatic carbocycles. The number of nitrogens with zero attached hydrogens (tertiary/aromatic N) is 1. The number of nitrogens with one attached hydrogen (secondary N) is 1. The Hall–Kier alpha value is -3.14. The molecule has 0 aromatic heterocycles. The van der Waals surface area contributed by atoms with Gasteiger partial charge >= 0.3 is 0 Å². The van der Waals surface area contributed by atoms with Gasteiger partial charge in [0.2, 0.25) is 11.8 Å². The van der Waals surface area contributed by atoms with Crippen LogP contribution < -0.4 is 10.2 Å². The lowest BCUT2D eigenvalue weighted by atomic mass is 10.1. The number of rotatable bonds is 3. The number of aryl methyl sites for hydroxylation is 1. The molecule has 1 aliphatic rings. The van der Waals surface area contributed by atoms with E-state index in [1.807, 2.05) is 73.7 Å². The highest BCUT2D eigenvalue weighted by Gasteiger charge is 2.35. The molecule has 130 valence electrons. The molecular formula is C22H20N2O2. The van der Waals surface area contributed by atoms with Gasteiger partial charge in [0.05, 0.1) is 5.92 Å². The van der Waals surface area contributed by atoms with Crippen molar-refractivity contribution in [3.8, 4) is 0 Å². The highest BCUT2D eigenvalue weighted by molar-refractivity contribution is 6.04. The molecule has 4 rings (SSSR count). The summed E-state index contributed by atoms with van der Waals surface area (Å²) in [7, 11) is 0. The summed E-state index contributed by atoms with van der Waals surface area (Å²) in [5.41, 5.74) is 2.71. The molecule has 1 saturated heterocycles. The Labute approximate surface area is 152 Å². The number of amides is 2. The van der Waals surface area contributed by atoms with Crippen LogP contribution in [0.3, 0.4) is 0 Å². The number of fused-ring (bicyclic) bond motifs is 1. The van der Waals surface area contributed by atoms with Gasteiger partial charge in [-0.15, -0.1) is 0 Å². The maximum absolute atomic E-state index is 12.7. The summed E-state index contributed by atoms with van der Waals surface area (Å²) in [5.74, 6) is -0.451. The van der Waals surface area contributed by atoms with Crippen molar-refractivity contribution >= 4 is 34.0 Å². The van der Waals surface area contributed by atoms with Gasteiger partial charge in [-0.1, -0.05) is 42.5 Å². The maximum atomic E-state index is 12.7. The van der Waals surface area contributed by atoms with Gasteiger partial charge in [-0.25, -0.2) is 0 Å². The maximum Gasteiger partial charge on any atom is 0.229 e. The lowest BCUT2D eigenvalue weighted by Gasteiger charge is -2.17. The van der Waals surface area contributed by atoms with Crippen LogP contribution >= 0.6 is 0 Å². The molecule has 1 atom stereocenters. The van der Waals surface area contributed by atoms with Crippen molar-refractivity contribution in [3.63, 3.8) is 0 Å². The van der Waals surface area contributed by atoms with E-state index in [0.29, 0.717) is 6.54 Å². The van der Waals surface area contributed by atoms with Gasteiger partial charge in [0, 0.05) is 24.3 Å². The second-order valence-electron chi connectivity index (χ2n) is 6.80. The summed E-state index contributed by atoms with van der Waals surface area (Å²) in [4.78, 5) is 26.7. The van der Waals surface area contributed by atoms with Gasteiger partial charge < -0.3 is 10.2 Å². The van der Waals surface area contributed by atoms with Crippen molar-refractivity contribution < 1.29 is 9.59 Å². The number of hydrogen-bond acceptors (Lipinski definition) is 2. The van der Waals surface area contributed by atoms with Gasteiger partial charge in [0.1, 0.15) is 0 Å². The number of carbonyl (C=O) groups is 2. The van der Waals surface area contributed by atoms with Crippen LogP contribution in [-0.2, 0) is 9.59 Å². The quantitative estimate of drug-likeness (QED) is 0.776. The summed E-state index contributed by atoms with van der Waals surface area (Å²) >= 11 is 0. The fraction of sp³-hybridized carbons (Fsp3) is 0.182. The molecule has 0 spiro atoms. The highest BCUT2D eigenvalue weighted by atomic mass is 16.2. The van der Waals surface area contributed by atoms with Gasteiger partial charge in [-0.2, -0.15) is 0 Å². The van der Waals surface area contributed by atoms with Gasteiger partial charge in [-0.05, 0) is 47.5 Å². The normalized spacial score (nSPS) is 16.9. The second-order valence-corrected chi connectivity index (χ2v) is 6.80. The Morgan fingerprint density at radius 2 is 1.81 bits per heavy atom. The third kappa shape index (κ3) is 3.18. The average Bonchev–Trinajstić information content (AvgIpc) is 3.03. The number of anilines is 2. The molecule has 1 N–H and O–H groups in total. The summed E-state index contributed by atoms with van der Waals surface area (Å²) < 4.78 is 0. The Kier molecular flexibility index (Phi) is 4.17. The minimum Gasteiger partial charge on any atom is -0.326 e. The molecule has 1 fully saturated rings. The van der Waals surface area contributed by atoms with Crippen molar-refractivity contribution in [2.24, 2.45) is 5.92 Å². The van der Waals surface area contributed by atoms with Gasteiger partial charge in [0.25, 0.3) is 0 Å². The first-order valence-electron chi connectivity index (χ1n) is 8.77. The predicted molar refractivity (Wildman–Crippen MR) is 104 cm³/mol. The summed E-state index contributed by atoms with van der Waals surface area (Å²) in [6.07, 6.45) is 0.243. The van der Waals surface area contributed by atoms with Crippen LogP contribution in [-0.4, -0.2) is 18.4 Å². The van der Waals surface area contributed by atoms with Crippen LogP contribution in [0.5, 0.6) is 0 Å². The molecule has 0 saturated carbocycles. The standard InChI is InChI=1S/C22H20N2O2/c1-15-5-4-8-20(11-15)24-14-18(13-21(24)25)22(26)23-19-10-9-16-6-2-3-7-17(16)12-19/h2-12,18H,13-14H2,1H3,(H,23,26). The Morgan fingerprint density at radius 3 is 2.62 bits per heavy atom. The molecule has 0 radical (unpaired) electrons. The Morgan fingerprint density at radius 1 is 1.00 bits per heavy atom. The van der Waals surface area contributed by atoms with Gasteiger partial charge in [0.15, 0.2) is 0 Å². The fourth-order valence-electron chi connectivity index (χ4n) is 3.44. The zero-order chi connectivity index (χ0) is 18.1. The van der Waals surface area contributed by atoms with E-state index in [-0.39, 0.29) is 24.2 Å². The summed E-state index contributed by atoms with van der Waals surface area (Å²) in [6.45, 7) is 2.41. The summed E-state index contributed by atoms with van der Waals surface area (Å²) in [6, 6.07) is 21.7. The minimum absolute atomic E-state index is 0.00531. The zero-order valence-electron chi connectivity index (χ0n) is 14.6. The fourth-order valence-corrected chi connectivity index (χ4v) is 3.44. The van der Waals surface area contributed by atoms with E-state index in [1.54, 1.807) is 4.90 Å². The third-order valence-corrected chi connectivity index (χ3v) is 4.83. The van der Waals surface area contributed by atoms with Crippen LogP contribution in [0.15, 0.2) is 66.7 Å². The van der Waals surface area contributed by atoms with E-state index >= 15 is 0 Å². The van der Waals surface area contributed by atoms with Crippen LogP contribution in [0.1, 0.15) is 12.0 Å². The number of benzene rings is 3. The molecular weight excluding hydrogens is 324 g/mol. The topological polar surface area (TPSA) is 49.4 Å². The molecule has 4 nitrogen and oxygen atoms in total. The van der Waals surface area contributed by atoms with Crippen molar-refractivity contribution in [1.29, 1.82) is 0 Å². The number of carbonyl (C=O) groups excluding carboxylic acids is 2. The molecule has 0 bridgehead atoms. The first-order valence-corrected chi connectivity index (χ1v) is 8.77. The number of hydrogen-bond donors (Lipinski definition) is 1. The lowest BCUT2D eigenvalue weighted by Crippen LogP contribution is -2.28. The first-order chi connectivity index (χ1) is 12.6. The lowest BCUT2D eigenvalue weighted by molar-refractivity contribution is -0.122. The van der Waals surface area contributed by atoms with Crippen molar-refractivity contribution in [1.82, 2.24) is 0 Å². The van der Waals surface area contributed by atoms with Crippen LogP contribution in [0.2, 0.25) is 0 Å². The van der Waals surface area contributed by atoms with Crippen LogP contribution in [0.4, 0.5) is 11.4 Å². The minimum atomic E-state index is -0.338. The molecule has 4 heteroatoms. The molecule has 3 aromatic carbocycles. The Bertz CT molecular complexity index is 996. The first kappa shape index (κ1) is 16.3. The highest BCUT2D eigenvalue weighted by Crippen LogP contribution is 2.27. The molecule has 3 aromatic rings. The van der Waals surface area contributed by atoms with E-state index in [2.05, 4.69) is 5.32 Å². The zero-order valence-corrected chi connectivity index (χ0v) is 14.6. The van der Waals surface area contributed by atoms with E-state index < -0.39 is 0 Å². The van der Waals surface area contributed by atoms with Crippen molar-refractivity contribution in [2.45, 2.75) is 13.3 Å². The second kappa shape index (κ2) is 6.64. The monoisotopic (exact) mass is 344 g/mol. The largest absolute Gasteiger partial charge is 0.326 e. The van der Waals surface area contributed by atoms with Crippen LogP contribution in [0.25, 0.3) is 10.8 Å². The SMILES string of the molecule is Cc1cccc(N2CC(C(=O)Nc3ccc4ccccc4c3)CC2=O)c1. The summed E-state index contributed by atoms with van der Waals surface area (Å²) in [5, 5.41) is 5.17. The average molecular weight is 344 g/mol.